The van der Waals surface area contributed by atoms with Crippen molar-refractivity contribution in [3.8, 4) is 11.8 Å². The van der Waals surface area contributed by atoms with Crippen molar-refractivity contribution in [2.45, 2.75) is 66.8 Å². The molecule has 236 valence electrons. The summed E-state index contributed by atoms with van der Waals surface area (Å²) in [6, 6.07) is 11.4. The van der Waals surface area contributed by atoms with Gasteiger partial charge < -0.3 is 29.1 Å². The van der Waals surface area contributed by atoms with Gasteiger partial charge in [-0.25, -0.2) is 8.78 Å². The zero-order chi connectivity index (χ0) is 30.3. The number of alkyl halides is 1. The third-order valence-electron chi connectivity index (χ3n) is 10.3. The number of piperazine rings is 1. The maximum absolute atomic E-state index is 17.3. The first-order valence-corrected chi connectivity index (χ1v) is 16.8. The van der Waals surface area contributed by atoms with Gasteiger partial charge in [0.05, 0.1) is 36.5 Å². The number of morpholine rings is 1. The van der Waals surface area contributed by atoms with Crippen molar-refractivity contribution in [3.05, 3.63) is 47.7 Å². The minimum Gasteiger partial charge on any atom is -0.508 e. The number of hydrogen-bond donors (Lipinski definition) is 2. The summed E-state index contributed by atoms with van der Waals surface area (Å²) in [6.07, 6.45) is 3.32. The molecule has 2 aromatic carbocycles. The molecule has 6 aliphatic rings. The summed E-state index contributed by atoms with van der Waals surface area (Å²) in [5.74, 6) is 0.289. The topological polar surface area (TPSA) is 86.2 Å². The molecule has 4 atom stereocenters. The predicted molar refractivity (Wildman–Crippen MR) is 169 cm³/mol. The lowest BCUT2D eigenvalue weighted by atomic mass is 9.95. The number of aromatic nitrogens is 2. The van der Waals surface area contributed by atoms with E-state index in [4.69, 9.17) is 19.4 Å². The molecule has 6 heterocycles. The Hall–Kier alpha value is -3.19. The Balaban J connectivity index is 1.20. The molecule has 9 rings (SSSR count). The van der Waals surface area contributed by atoms with Crippen molar-refractivity contribution in [3.63, 3.8) is 0 Å². The molecule has 0 radical (unpaired) electrons. The highest BCUT2D eigenvalue weighted by Crippen LogP contribution is 2.54. The fourth-order valence-electron chi connectivity index (χ4n) is 8.06. The predicted octanol–water partition coefficient (Wildman–Crippen LogP) is 4.75. The van der Waals surface area contributed by atoms with E-state index in [1.807, 2.05) is 24.3 Å². The average molecular weight is 635 g/mol. The highest BCUT2D eigenvalue weighted by Gasteiger charge is 2.50. The molecule has 2 bridgehead atoms. The van der Waals surface area contributed by atoms with E-state index in [1.54, 1.807) is 12.1 Å². The van der Waals surface area contributed by atoms with E-state index in [1.165, 1.54) is 11.9 Å². The van der Waals surface area contributed by atoms with E-state index < -0.39 is 12.0 Å². The number of hydrogen-bond acceptors (Lipinski definition) is 10. The number of aromatic hydroxyl groups is 1. The third-order valence-corrected chi connectivity index (χ3v) is 11.5. The Morgan fingerprint density at radius 2 is 1.93 bits per heavy atom. The van der Waals surface area contributed by atoms with Crippen molar-refractivity contribution in [1.82, 2.24) is 24.5 Å². The summed E-state index contributed by atoms with van der Waals surface area (Å²) in [7, 11) is 0. The molecule has 4 saturated heterocycles. The molecule has 5 fully saturated rings. The SMILES string of the molecule is Oc1cc(C2=C(F)c3nc(OC[C@@]45CCCN4CC(F)C5)nc(N4C5CNCC4COC5)c3SN2C2CC2)c2ccccc2c1. The van der Waals surface area contributed by atoms with Gasteiger partial charge in [0.15, 0.2) is 11.6 Å². The maximum Gasteiger partial charge on any atom is 0.319 e. The second-order valence-corrected chi connectivity index (χ2v) is 14.3. The van der Waals surface area contributed by atoms with Crippen LogP contribution in [0.25, 0.3) is 22.3 Å². The minimum atomic E-state index is -0.876. The van der Waals surface area contributed by atoms with Gasteiger partial charge in [-0.15, -0.1) is 0 Å². The fourth-order valence-corrected chi connectivity index (χ4v) is 9.34. The van der Waals surface area contributed by atoms with E-state index in [0.29, 0.717) is 48.2 Å². The Kier molecular flexibility index (Phi) is 6.66. The van der Waals surface area contributed by atoms with Crippen LogP contribution in [0.5, 0.6) is 11.8 Å². The van der Waals surface area contributed by atoms with Crippen LogP contribution in [0, 0.1) is 0 Å². The molecular weight excluding hydrogens is 598 g/mol. The molecule has 12 heteroatoms. The minimum absolute atomic E-state index is 0.0359. The standard InChI is InChI=1S/C33H36F2N6O3S/c34-20-12-33(8-3-9-39(33)15-20)18-44-32-37-28-27(35)29(26-11-24(42)10-19-4-1-2-5-25(19)26)41(21-6-7-21)45-30(28)31(38-32)40-22-13-36-14-23(40)17-43-16-22/h1-2,4-5,10-11,20-23,36,42H,3,6-9,12-18H2/t20?,22?,23?,33-/m0/s1. The highest BCUT2D eigenvalue weighted by atomic mass is 32.2. The van der Waals surface area contributed by atoms with Crippen LogP contribution < -0.4 is 15.0 Å². The van der Waals surface area contributed by atoms with Crippen LogP contribution in [-0.2, 0) is 4.74 Å². The molecule has 45 heavy (non-hydrogen) atoms. The largest absolute Gasteiger partial charge is 0.508 e. The molecule has 0 amide bonds. The van der Waals surface area contributed by atoms with Crippen molar-refractivity contribution in [2.24, 2.45) is 0 Å². The van der Waals surface area contributed by atoms with Crippen LogP contribution in [0.15, 0.2) is 41.3 Å². The Bertz CT molecular complexity index is 1680. The van der Waals surface area contributed by atoms with Gasteiger partial charge in [-0.3, -0.25) is 4.90 Å². The molecule has 3 unspecified atom stereocenters. The number of anilines is 1. The van der Waals surface area contributed by atoms with E-state index in [2.05, 4.69) is 19.4 Å². The van der Waals surface area contributed by atoms with Crippen molar-refractivity contribution < 1.29 is 23.4 Å². The van der Waals surface area contributed by atoms with Gasteiger partial charge in [0.25, 0.3) is 0 Å². The van der Waals surface area contributed by atoms with Crippen molar-refractivity contribution >= 4 is 40.1 Å². The molecule has 5 aliphatic heterocycles. The van der Waals surface area contributed by atoms with Crippen LogP contribution in [0.3, 0.4) is 0 Å². The number of phenolic OH excluding ortho intramolecular Hbond substituents is 1. The first-order chi connectivity index (χ1) is 22.0. The molecule has 0 spiro atoms. The molecule has 1 saturated carbocycles. The van der Waals surface area contributed by atoms with Crippen LogP contribution in [0.2, 0.25) is 0 Å². The fraction of sp³-hybridized carbons (Fsp3) is 0.515. The summed E-state index contributed by atoms with van der Waals surface area (Å²) in [4.78, 5) is 14.9. The summed E-state index contributed by atoms with van der Waals surface area (Å²) < 4.78 is 46.2. The number of ether oxygens (including phenoxy) is 2. The quantitative estimate of drug-likeness (QED) is 0.371. The van der Waals surface area contributed by atoms with Gasteiger partial charge in [0, 0.05) is 37.7 Å². The van der Waals surface area contributed by atoms with E-state index in [9.17, 15) is 9.50 Å². The lowest BCUT2D eigenvalue weighted by Crippen LogP contribution is -2.64. The van der Waals surface area contributed by atoms with E-state index in [0.717, 1.165) is 56.1 Å². The van der Waals surface area contributed by atoms with Crippen LogP contribution >= 0.6 is 11.9 Å². The second kappa shape index (κ2) is 10.7. The van der Waals surface area contributed by atoms with E-state index in [-0.39, 0.29) is 47.7 Å². The summed E-state index contributed by atoms with van der Waals surface area (Å²) in [6.45, 7) is 4.11. The average Bonchev–Trinajstić information content (AvgIpc) is 3.73. The maximum atomic E-state index is 17.3. The monoisotopic (exact) mass is 634 g/mol. The number of nitrogens with zero attached hydrogens (tertiary/aromatic N) is 5. The van der Waals surface area contributed by atoms with Crippen LogP contribution in [0.4, 0.5) is 14.6 Å². The zero-order valence-corrected chi connectivity index (χ0v) is 25.7. The molecule has 1 aliphatic carbocycles. The number of phenols is 1. The number of benzene rings is 2. The number of halogens is 2. The molecule has 1 aromatic heterocycles. The van der Waals surface area contributed by atoms with Gasteiger partial charge in [0.2, 0.25) is 0 Å². The summed E-state index contributed by atoms with van der Waals surface area (Å²) in [5, 5.41) is 15.9. The second-order valence-electron chi connectivity index (χ2n) is 13.3. The lowest BCUT2D eigenvalue weighted by molar-refractivity contribution is 0.0516. The van der Waals surface area contributed by atoms with Gasteiger partial charge in [-0.2, -0.15) is 9.97 Å². The van der Waals surface area contributed by atoms with Gasteiger partial charge in [-0.05, 0) is 67.1 Å². The number of fused-ring (bicyclic) bond motifs is 5. The van der Waals surface area contributed by atoms with Gasteiger partial charge in [0.1, 0.15) is 29.1 Å². The normalized spacial score (nSPS) is 29.8. The third kappa shape index (κ3) is 4.66. The summed E-state index contributed by atoms with van der Waals surface area (Å²) in [5.41, 5.74) is 0.865. The Morgan fingerprint density at radius 3 is 2.76 bits per heavy atom. The van der Waals surface area contributed by atoms with Crippen molar-refractivity contribution in [1.29, 1.82) is 0 Å². The summed E-state index contributed by atoms with van der Waals surface area (Å²) >= 11 is 1.49. The van der Waals surface area contributed by atoms with Crippen LogP contribution in [0.1, 0.15) is 43.4 Å². The van der Waals surface area contributed by atoms with Gasteiger partial charge >= 0.3 is 6.01 Å². The van der Waals surface area contributed by atoms with Gasteiger partial charge in [-0.1, -0.05) is 24.3 Å². The van der Waals surface area contributed by atoms with Crippen LogP contribution in [-0.4, -0.2) is 100 Å². The molecule has 3 aromatic rings. The zero-order valence-electron chi connectivity index (χ0n) is 24.9. The van der Waals surface area contributed by atoms with E-state index >= 15 is 4.39 Å². The molecule has 9 nitrogen and oxygen atoms in total. The smallest absolute Gasteiger partial charge is 0.319 e. The highest BCUT2D eigenvalue weighted by molar-refractivity contribution is 7.97. The Labute approximate surface area is 264 Å². The first-order valence-electron chi connectivity index (χ1n) is 16.1. The lowest BCUT2D eigenvalue weighted by Gasteiger charge is -2.47. The first kappa shape index (κ1) is 28.1. The molecule has 2 N–H and O–H groups in total. The number of nitrogens with one attached hydrogen (secondary N) is 1. The molecular formula is C33H36F2N6O3S. The van der Waals surface area contributed by atoms with Crippen molar-refractivity contribution in [2.75, 3.05) is 50.9 Å². The number of rotatable bonds is 6. The Morgan fingerprint density at radius 1 is 1.11 bits per heavy atom.